The van der Waals surface area contributed by atoms with Gasteiger partial charge in [-0.15, -0.1) is 0 Å². The molecule has 3 N–H and O–H groups in total. The molecule has 0 saturated heterocycles. The molecule has 1 amide bonds. The average molecular weight is 176 g/mol. The Morgan fingerprint density at radius 1 is 1.69 bits per heavy atom. The smallest absolute Gasteiger partial charge is 0.268 e. The highest BCUT2D eigenvalue weighted by atomic mass is 16.2. The molecule has 0 aliphatic rings. The third kappa shape index (κ3) is 2.29. The Labute approximate surface area is 75.4 Å². The molecule has 1 heterocycles. The van der Waals surface area contributed by atoms with Crippen molar-refractivity contribution in [1.82, 2.24) is 4.98 Å². The van der Waals surface area contributed by atoms with Crippen LogP contribution < -0.4 is 5.73 Å². The molecule has 1 rings (SSSR count). The molecule has 0 aromatic carbocycles. The fourth-order valence-electron chi connectivity index (χ4n) is 0.837. The van der Waals surface area contributed by atoms with Crippen molar-refractivity contribution in [1.29, 1.82) is 0 Å². The van der Waals surface area contributed by atoms with Gasteiger partial charge in [-0.1, -0.05) is 11.8 Å². The Bertz CT molecular complexity index is 377. The van der Waals surface area contributed by atoms with Gasteiger partial charge in [0.1, 0.15) is 12.3 Å². The van der Waals surface area contributed by atoms with Crippen molar-refractivity contribution in [3.63, 3.8) is 0 Å². The van der Waals surface area contributed by atoms with Crippen molar-refractivity contribution in [3.8, 4) is 11.8 Å². The number of pyridine rings is 1. The number of amides is 1. The SMILES string of the molecule is NC(=O)c1ncccc1C#CCO. The molecule has 0 fully saturated rings. The van der Waals surface area contributed by atoms with Gasteiger partial charge >= 0.3 is 0 Å². The third-order valence-electron chi connectivity index (χ3n) is 1.34. The minimum Gasteiger partial charge on any atom is -0.384 e. The molecular formula is C9H8N2O2. The van der Waals surface area contributed by atoms with Gasteiger partial charge in [-0.05, 0) is 12.1 Å². The number of aliphatic hydroxyl groups is 1. The topological polar surface area (TPSA) is 76.2 Å². The number of carbonyl (C=O) groups is 1. The summed E-state index contributed by atoms with van der Waals surface area (Å²) in [6.07, 6.45) is 1.46. The van der Waals surface area contributed by atoms with E-state index in [9.17, 15) is 4.79 Å². The predicted octanol–water partition coefficient (Wildman–Crippen LogP) is -0.476. The van der Waals surface area contributed by atoms with Gasteiger partial charge in [-0.25, -0.2) is 4.98 Å². The molecule has 0 bridgehead atoms. The van der Waals surface area contributed by atoms with Crippen LogP contribution in [0.15, 0.2) is 18.3 Å². The largest absolute Gasteiger partial charge is 0.384 e. The van der Waals surface area contributed by atoms with E-state index in [0.29, 0.717) is 5.56 Å². The second-order valence-corrected chi connectivity index (χ2v) is 2.22. The molecule has 1 aromatic heterocycles. The first kappa shape index (κ1) is 9.23. The molecule has 4 nitrogen and oxygen atoms in total. The van der Waals surface area contributed by atoms with E-state index in [0.717, 1.165) is 0 Å². The first-order valence-corrected chi connectivity index (χ1v) is 3.60. The summed E-state index contributed by atoms with van der Waals surface area (Å²) in [5.41, 5.74) is 5.62. The Morgan fingerprint density at radius 3 is 3.08 bits per heavy atom. The lowest BCUT2D eigenvalue weighted by molar-refractivity contribution is 0.0995. The van der Waals surface area contributed by atoms with E-state index < -0.39 is 5.91 Å². The van der Waals surface area contributed by atoms with Crippen LogP contribution in [0.5, 0.6) is 0 Å². The van der Waals surface area contributed by atoms with E-state index in [1.165, 1.54) is 6.20 Å². The average Bonchev–Trinajstić information content (AvgIpc) is 2.15. The van der Waals surface area contributed by atoms with Crippen LogP contribution >= 0.6 is 0 Å². The Balaban J connectivity index is 3.12. The van der Waals surface area contributed by atoms with E-state index in [1.807, 2.05) is 0 Å². The van der Waals surface area contributed by atoms with E-state index in [-0.39, 0.29) is 12.3 Å². The van der Waals surface area contributed by atoms with Crippen LogP contribution in [0.4, 0.5) is 0 Å². The summed E-state index contributed by atoms with van der Waals surface area (Å²) in [5, 5.41) is 8.45. The summed E-state index contributed by atoms with van der Waals surface area (Å²) in [6.45, 7) is -0.257. The number of nitrogens with zero attached hydrogens (tertiary/aromatic N) is 1. The van der Waals surface area contributed by atoms with Crippen molar-refractivity contribution >= 4 is 5.91 Å². The highest BCUT2D eigenvalue weighted by Gasteiger charge is 2.05. The molecule has 1 aromatic rings. The van der Waals surface area contributed by atoms with Crippen LogP contribution in [-0.4, -0.2) is 22.6 Å². The fourth-order valence-corrected chi connectivity index (χ4v) is 0.837. The lowest BCUT2D eigenvalue weighted by atomic mass is 10.2. The minimum atomic E-state index is -0.622. The molecule has 66 valence electrons. The Kier molecular flexibility index (Phi) is 3.01. The second-order valence-electron chi connectivity index (χ2n) is 2.22. The van der Waals surface area contributed by atoms with Crippen molar-refractivity contribution in [2.24, 2.45) is 5.73 Å². The zero-order valence-corrected chi connectivity index (χ0v) is 6.82. The predicted molar refractivity (Wildman–Crippen MR) is 46.7 cm³/mol. The molecule has 0 aliphatic heterocycles. The van der Waals surface area contributed by atoms with Crippen molar-refractivity contribution in [2.45, 2.75) is 0 Å². The molecular weight excluding hydrogens is 168 g/mol. The molecule has 13 heavy (non-hydrogen) atoms. The quantitative estimate of drug-likeness (QED) is 0.567. The highest BCUT2D eigenvalue weighted by Crippen LogP contribution is 2.01. The zero-order valence-electron chi connectivity index (χ0n) is 6.82. The fraction of sp³-hybridized carbons (Fsp3) is 0.111. The van der Waals surface area contributed by atoms with Gasteiger partial charge in [0.2, 0.25) is 0 Å². The molecule has 0 unspecified atom stereocenters. The Morgan fingerprint density at radius 2 is 2.46 bits per heavy atom. The molecule has 0 saturated carbocycles. The van der Waals surface area contributed by atoms with Crippen LogP contribution in [0.1, 0.15) is 16.1 Å². The normalized spacial score (nSPS) is 8.69. The molecule has 0 aliphatic carbocycles. The molecule has 0 spiro atoms. The number of hydrogen-bond donors (Lipinski definition) is 2. The summed E-state index contributed by atoms with van der Waals surface area (Å²) in [7, 11) is 0. The van der Waals surface area contributed by atoms with Crippen molar-refractivity contribution < 1.29 is 9.90 Å². The maximum absolute atomic E-state index is 10.8. The van der Waals surface area contributed by atoms with Crippen LogP contribution in [0, 0.1) is 11.8 Å². The molecule has 0 atom stereocenters. The van der Waals surface area contributed by atoms with Crippen molar-refractivity contribution in [3.05, 3.63) is 29.6 Å². The standard InChI is InChI=1S/C9H8N2O2/c10-9(13)8-7(4-2-6-12)3-1-5-11-8/h1,3,5,12H,6H2,(H2,10,13). The van der Waals surface area contributed by atoms with Crippen LogP contribution in [0.2, 0.25) is 0 Å². The number of carbonyl (C=O) groups excluding carboxylic acids is 1. The molecule has 0 radical (unpaired) electrons. The van der Waals surface area contributed by atoms with E-state index in [2.05, 4.69) is 16.8 Å². The van der Waals surface area contributed by atoms with E-state index >= 15 is 0 Å². The number of rotatable bonds is 1. The van der Waals surface area contributed by atoms with Crippen molar-refractivity contribution in [2.75, 3.05) is 6.61 Å². The summed E-state index contributed by atoms with van der Waals surface area (Å²) in [6, 6.07) is 3.27. The zero-order chi connectivity index (χ0) is 9.68. The van der Waals surface area contributed by atoms with E-state index in [1.54, 1.807) is 12.1 Å². The van der Waals surface area contributed by atoms with Gasteiger partial charge in [-0.2, -0.15) is 0 Å². The first-order valence-electron chi connectivity index (χ1n) is 3.60. The lowest BCUT2D eigenvalue weighted by Gasteiger charge is -1.96. The number of nitrogens with two attached hydrogens (primary N) is 1. The number of primary amides is 1. The first-order chi connectivity index (χ1) is 6.25. The lowest BCUT2D eigenvalue weighted by Crippen LogP contribution is -2.14. The van der Waals surface area contributed by atoms with Gasteiger partial charge < -0.3 is 10.8 Å². The number of aliphatic hydroxyl groups excluding tert-OH is 1. The highest BCUT2D eigenvalue weighted by molar-refractivity contribution is 5.93. The molecule has 4 heteroatoms. The minimum absolute atomic E-state index is 0.128. The maximum atomic E-state index is 10.8. The van der Waals surface area contributed by atoms with Crippen LogP contribution in [0.25, 0.3) is 0 Å². The Hall–Kier alpha value is -1.86. The third-order valence-corrected chi connectivity index (χ3v) is 1.34. The van der Waals surface area contributed by atoms with Gasteiger partial charge in [0.15, 0.2) is 0 Å². The monoisotopic (exact) mass is 176 g/mol. The summed E-state index contributed by atoms with van der Waals surface area (Å²) in [5.74, 6) is 4.38. The van der Waals surface area contributed by atoms with Gasteiger partial charge in [-0.3, -0.25) is 4.79 Å². The maximum Gasteiger partial charge on any atom is 0.268 e. The van der Waals surface area contributed by atoms with Gasteiger partial charge in [0.25, 0.3) is 5.91 Å². The number of hydrogen-bond acceptors (Lipinski definition) is 3. The van der Waals surface area contributed by atoms with Crippen LogP contribution in [0.3, 0.4) is 0 Å². The second kappa shape index (κ2) is 4.24. The van der Waals surface area contributed by atoms with Gasteiger partial charge in [0.05, 0.1) is 5.56 Å². The number of aromatic nitrogens is 1. The van der Waals surface area contributed by atoms with Crippen LogP contribution in [-0.2, 0) is 0 Å². The van der Waals surface area contributed by atoms with E-state index in [4.69, 9.17) is 10.8 Å². The summed E-state index contributed by atoms with van der Waals surface area (Å²) < 4.78 is 0. The summed E-state index contributed by atoms with van der Waals surface area (Å²) >= 11 is 0. The summed E-state index contributed by atoms with van der Waals surface area (Å²) in [4.78, 5) is 14.6. The van der Waals surface area contributed by atoms with Gasteiger partial charge in [0, 0.05) is 6.20 Å².